The van der Waals surface area contributed by atoms with Crippen LogP contribution in [0.4, 0.5) is 5.95 Å². The van der Waals surface area contributed by atoms with Crippen molar-refractivity contribution in [2.75, 3.05) is 11.9 Å². The molecule has 106 valence electrons. The lowest BCUT2D eigenvalue weighted by Gasteiger charge is -2.00. The third kappa shape index (κ3) is 2.10. The van der Waals surface area contributed by atoms with Crippen LogP contribution >= 0.6 is 27.3 Å². The van der Waals surface area contributed by atoms with Crippen molar-refractivity contribution in [1.29, 1.82) is 0 Å². The van der Waals surface area contributed by atoms with Gasteiger partial charge in [0.2, 0.25) is 5.78 Å². The number of benzene rings is 1. The first-order valence-corrected chi connectivity index (χ1v) is 8.38. The average Bonchev–Trinajstić information content (AvgIpc) is 3.17. The van der Waals surface area contributed by atoms with E-state index >= 15 is 0 Å². The third-order valence-electron chi connectivity index (χ3n) is 3.74. The standard InChI is InChI=1S/C15H12BrN3OS/c16-14-6-5-13(21-14)12(20)9-19-11-4-2-1-3-10(11)18-8-7-17-15(18)19/h1-6H,7-9H2/p+1. The second-order valence-electron chi connectivity index (χ2n) is 5.00. The normalized spacial score (nSPS) is 13.4. The Labute approximate surface area is 134 Å². The van der Waals surface area contributed by atoms with E-state index in [2.05, 4.69) is 42.5 Å². The van der Waals surface area contributed by atoms with Gasteiger partial charge in [-0.05, 0) is 40.2 Å². The fraction of sp³-hybridized carbons (Fsp3) is 0.200. The summed E-state index contributed by atoms with van der Waals surface area (Å²) in [7, 11) is 0. The summed E-state index contributed by atoms with van der Waals surface area (Å²) < 4.78 is 5.31. The van der Waals surface area contributed by atoms with Gasteiger partial charge in [0, 0.05) is 0 Å². The molecule has 1 aliphatic heterocycles. The Hall–Kier alpha value is -1.66. The van der Waals surface area contributed by atoms with Gasteiger partial charge >= 0.3 is 5.95 Å². The zero-order valence-corrected chi connectivity index (χ0v) is 13.6. The number of halogens is 1. The molecule has 4 rings (SSSR count). The molecule has 0 fully saturated rings. The molecule has 0 saturated heterocycles. The van der Waals surface area contributed by atoms with Gasteiger partial charge in [0.25, 0.3) is 0 Å². The summed E-state index contributed by atoms with van der Waals surface area (Å²) in [5.41, 5.74) is 2.28. The molecule has 2 aromatic heterocycles. The summed E-state index contributed by atoms with van der Waals surface area (Å²) in [6.45, 7) is 2.23. The summed E-state index contributed by atoms with van der Waals surface area (Å²) in [6.07, 6.45) is 0. The number of Topliss-reactive ketones (excluding diaryl/α,β-unsaturated/α-hetero) is 1. The summed E-state index contributed by atoms with van der Waals surface area (Å²) in [4.78, 5) is 13.3. The number of carbonyl (C=O) groups excluding carboxylic acids is 1. The minimum atomic E-state index is 0.142. The highest BCUT2D eigenvalue weighted by atomic mass is 79.9. The molecular formula is C15H13BrN3OS+. The summed E-state index contributed by atoms with van der Waals surface area (Å²) >= 11 is 4.89. The Kier molecular flexibility index (Phi) is 3.08. The number of aromatic nitrogens is 2. The van der Waals surface area contributed by atoms with Gasteiger partial charge in [0.05, 0.1) is 15.2 Å². The summed E-state index contributed by atoms with van der Waals surface area (Å²) in [5, 5.41) is 3.39. The number of anilines is 1. The number of thiophene rings is 1. The number of nitrogens with one attached hydrogen (secondary N) is 1. The van der Waals surface area contributed by atoms with E-state index in [0.29, 0.717) is 6.54 Å². The monoisotopic (exact) mass is 362 g/mol. The first kappa shape index (κ1) is 13.0. The number of carbonyl (C=O) groups is 1. The van der Waals surface area contributed by atoms with Crippen molar-refractivity contribution >= 4 is 50.0 Å². The van der Waals surface area contributed by atoms with Crippen LogP contribution in [0.1, 0.15) is 9.67 Å². The maximum absolute atomic E-state index is 12.5. The average molecular weight is 363 g/mol. The van der Waals surface area contributed by atoms with E-state index in [1.807, 2.05) is 24.3 Å². The van der Waals surface area contributed by atoms with E-state index in [-0.39, 0.29) is 5.78 Å². The number of fused-ring (bicyclic) bond motifs is 3. The molecule has 0 bridgehead atoms. The lowest BCUT2D eigenvalue weighted by atomic mass is 10.3. The van der Waals surface area contributed by atoms with Crippen molar-refractivity contribution in [3.8, 4) is 0 Å². The van der Waals surface area contributed by atoms with E-state index in [1.54, 1.807) is 0 Å². The minimum absolute atomic E-state index is 0.142. The fourth-order valence-electron chi connectivity index (χ4n) is 2.84. The Bertz CT molecular complexity index is 852. The molecular weight excluding hydrogens is 350 g/mol. The fourth-order valence-corrected chi connectivity index (χ4v) is 4.15. The molecule has 3 heterocycles. The number of rotatable bonds is 3. The summed E-state index contributed by atoms with van der Waals surface area (Å²) in [6, 6.07) is 12.0. The van der Waals surface area contributed by atoms with Crippen molar-refractivity contribution in [2.45, 2.75) is 13.1 Å². The van der Waals surface area contributed by atoms with Crippen molar-refractivity contribution in [2.24, 2.45) is 0 Å². The van der Waals surface area contributed by atoms with Gasteiger partial charge in [-0.1, -0.05) is 12.1 Å². The maximum atomic E-state index is 12.5. The highest BCUT2D eigenvalue weighted by Crippen LogP contribution is 2.25. The molecule has 1 aromatic carbocycles. The van der Waals surface area contributed by atoms with Gasteiger partial charge in [0.1, 0.15) is 24.1 Å². The van der Waals surface area contributed by atoms with Crippen molar-refractivity contribution in [1.82, 2.24) is 4.57 Å². The van der Waals surface area contributed by atoms with Gasteiger partial charge in [-0.2, -0.15) is 0 Å². The molecule has 0 aliphatic carbocycles. The topological polar surface area (TPSA) is 37.9 Å². The van der Waals surface area contributed by atoms with Crippen LogP contribution in [0.25, 0.3) is 11.0 Å². The van der Waals surface area contributed by atoms with Crippen LogP contribution in [0.15, 0.2) is 40.2 Å². The predicted octanol–water partition coefficient (Wildman–Crippen LogP) is 3.06. The number of hydrogen-bond acceptors (Lipinski definition) is 3. The Morgan fingerprint density at radius 2 is 2.19 bits per heavy atom. The van der Waals surface area contributed by atoms with E-state index in [4.69, 9.17) is 0 Å². The minimum Gasteiger partial charge on any atom is -0.290 e. The van der Waals surface area contributed by atoms with Gasteiger partial charge < -0.3 is 0 Å². The molecule has 0 atom stereocenters. The second-order valence-corrected chi connectivity index (χ2v) is 7.47. The number of imidazole rings is 1. The van der Waals surface area contributed by atoms with E-state index in [1.165, 1.54) is 16.9 Å². The largest absolute Gasteiger partial charge is 0.359 e. The molecule has 3 aromatic rings. The van der Waals surface area contributed by atoms with Crippen molar-refractivity contribution in [3.05, 3.63) is 45.1 Å². The van der Waals surface area contributed by atoms with Crippen LogP contribution in [0.5, 0.6) is 0 Å². The molecule has 0 radical (unpaired) electrons. The predicted molar refractivity (Wildman–Crippen MR) is 87.0 cm³/mol. The van der Waals surface area contributed by atoms with Gasteiger partial charge in [-0.25, -0.2) is 9.13 Å². The SMILES string of the molecule is O=C(Cn1c2[n+](c3ccccc31)CCN2)c1ccc(Br)s1. The lowest BCUT2D eigenvalue weighted by Crippen LogP contribution is -2.29. The number of hydrogen-bond donors (Lipinski definition) is 1. The zero-order valence-electron chi connectivity index (χ0n) is 11.2. The number of nitrogens with zero attached hydrogens (tertiary/aromatic N) is 2. The zero-order chi connectivity index (χ0) is 14.4. The highest BCUT2D eigenvalue weighted by Gasteiger charge is 2.29. The Morgan fingerprint density at radius 1 is 1.33 bits per heavy atom. The van der Waals surface area contributed by atoms with Crippen LogP contribution in [0, 0.1) is 0 Å². The number of para-hydroxylation sites is 2. The smallest absolute Gasteiger partial charge is 0.290 e. The molecule has 6 heteroatoms. The van der Waals surface area contributed by atoms with E-state index < -0.39 is 0 Å². The van der Waals surface area contributed by atoms with Gasteiger partial charge in [-0.15, -0.1) is 11.3 Å². The van der Waals surface area contributed by atoms with Crippen LogP contribution in [-0.2, 0) is 13.1 Å². The van der Waals surface area contributed by atoms with Crippen LogP contribution in [0.2, 0.25) is 0 Å². The molecule has 21 heavy (non-hydrogen) atoms. The van der Waals surface area contributed by atoms with Crippen LogP contribution < -0.4 is 9.88 Å². The molecule has 0 saturated carbocycles. The Morgan fingerprint density at radius 3 is 3.00 bits per heavy atom. The lowest BCUT2D eigenvalue weighted by molar-refractivity contribution is -0.644. The molecule has 4 nitrogen and oxygen atoms in total. The van der Waals surface area contributed by atoms with Crippen molar-refractivity contribution < 1.29 is 9.36 Å². The molecule has 0 spiro atoms. The summed E-state index contributed by atoms with van der Waals surface area (Å²) in [5.74, 6) is 1.17. The van der Waals surface area contributed by atoms with Crippen LogP contribution in [0.3, 0.4) is 0 Å². The molecule has 0 amide bonds. The quantitative estimate of drug-likeness (QED) is 0.574. The second kappa shape index (κ2) is 4.96. The number of ketones is 1. The first-order chi connectivity index (χ1) is 10.2. The van der Waals surface area contributed by atoms with Gasteiger partial charge in [0.15, 0.2) is 0 Å². The Balaban J connectivity index is 1.78. The van der Waals surface area contributed by atoms with Crippen LogP contribution in [-0.4, -0.2) is 16.9 Å². The highest BCUT2D eigenvalue weighted by molar-refractivity contribution is 9.11. The molecule has 1 N–H and O–H groups in total. The van der Waals surface area contributed by atoms with E-state index in [0.717, 1.165) is 33.2 Å². The molecule has 1 aliphatic rings. The third-order valence-corrected chi connectivity index (χ3v) is 5.41. The van der Waals surface area contributed by atoms with Gasteiger partial charge in [-0.3, -0.25) is 10.1 Å². The first-order valence-electron chi connectivity index (χ1n) is 6.77. The van der Waals surface area contributed by atoms with E-state index in [9.17, 15) is 4.79 Å². The maximum Gasteiger partial charge on any atom is 0.359 e. The molecule has 0 unspecified atom stereocenters. The van der Waals surface area contributed by atoms with Crippen molar-refractivity contribution in [3.63, 3.8) is 0 Å².